The third-order valence-electron chi connectivity index (χ3n) is 1.57. The first-order valence-electron chi connectivity index (χ1n) is 4.36. The number of ether oxygens (including phenoxy) is 2. The number of halogens is 2. The molecule has 1 N–H and O–H groups in total. The summed E-state index contributed by atoms with van der Waals surface area (Å²) in [5.74, 6) is 0.635. The largest absolute Gasteiger partial charge is 0.433 e. The molecular weight excluding hydrogens is 206 g/mol. The minimum Gasteiger partial charge on any atom is -0.433 e. The van der Waals surface area contributed by atoms with Gasteiger partial charge in [0.05, 0.1) is 12.8 Å². The average Bonchev–Trinajstić information content (AvgIpc) is 2.20. The fraction of sp³-hybridized carbons (Fsp3) is 0.444. The van der Waals surface area contributed by atoms with Gasteiger partial charge in [-0.05, 0) is 12.1 Å². The molecule has 0 aliphatic rings. The number of hydrogen-bond acceptors (Lipinski definition) is 4. The summed E-state index contributed by atoms with van der Waals surface area (Å²) in [7, 11) is 1.59. The summed E-state index contributed by atoms with van der Waals surface area (Å²) in [5.41, 5.74) is 0. The van der Waals surface area contributed by atoms with E-state index in [2.05, 4.69) is 15.0 Å². The molecule has 1 aromatic heterocycles. The standard InChI is InChI=1S/C9H12F2N2O2/c1-14-5-4-12-8-3-2-7(6-13-8)15-9(10)11/h2-3,6,9H,4-5H2,1H3,(H,12,13). The van der Waals surface area contributed by atoms with Crippen molar-refractivity contribution in [2.75, 3.05) is 25.6 Å². The maximum Gasteiger partial charge on any atom is 0.387 e. The number of anilines is 1. The molecule has 0 fully saturated rings. The number of aromatic nitrogens is 1. The van der Waals surface area contributed by atoms with Crippen molar-refractivity contribution in [2.45, 2.75) is 6.61 Å². The SMILES string of the molecule is COCCNc1ccc(OC(F)F)cn1. The third-order valence-corrected chi connectivity index (χ3v) is 1.57. The van der Waals surface area contributed by atoms with Crippen molar-refractivity contribution in [3.8, 4) is 5.75 Å². The van der Waals surface area contributed by atoms with Crippen molar-refractivity contribution in [2.24, 2.45) is 0 Å². The quantitative estimate of drug-likeness (QED) is 0.738. The van der Waals surface area contributed by atoms with Gasteiger partial charge in [-0.2, -0.15) is 8.78 Å². The van der Waals surface area contributed by atoms with Crippen molar-refractivity contribution in [1.29, 1.82) is 0 Å². The predicted molar refractivity (Wildman–Crippen MR) is 51.2 cm³/mol. The smallest absolute Gasteiger partial charge is 0.387 e. The van der Waals surface area contributed by atoms with Crippen LogP contribution in [0.3, 0.4) is 0 Å². The van der Waals surface area contributed by atoms with Gasteiger partial charge in [-0.3, -0.25) is 0 Å². The second-order valence-electron chi connectivity index (χ2n) is 2.68. The summed E-state index contributed by atoms with van der Waals surface area (Å²) in [6.45, 7) is -1.66. The third kappa shape index (κ3) is 4.55. The van der Waals surface area contributed by atoms with Gasteiger partial charge in [0.1, 0.15) is 11.6 Å². The molecule has 1 rings (SSSR count). The average molecular weight is 218 g/mol. The Labute approximate surface area is 86.2 Å². The minimum absolute atomic E-state index is 0.0438. The van der Waals surface area contributed by atoms with Crippen LogP contribution in [0.5, 0.6) is 5.75 Å². The molecule has 0 aliphatic carbocycles. The van der Waals surface area contributed by atoms with Crippen LogP contribution < -0.4 is 10.1 Å². The van der Waals surface area contributed by atoms with E-state index in [4.69, 9.17) is 4.74 Å². The predicted octanol–water partition coefficient (Wildman–Crippen LogP) is 1.74. The summed E-state index contributed by atoms with van der Waals surface area (Å²) in [5, 5.41) is 2.95. The maximum absolute atomic E-state index is 11.8. The Morgan fingerprint density at radius 1 is 1.47 bits per heavy atom. The van der Waals surface area contributed by atoms with Crippen LogP contribution >= 0.6 is 0 Å². The highest BCUT2D eigenvalue weighted by Gasteiger charge is 2.03. The van der Waals surface area contributed by atoms with Crippen LogP contribution in [-0.4, -0.2) is 31.9 Å². The molecule has 15 heavy (non-hydrogen) atoms. The Balaban J connectivity index is 2.42. The molecule has 0 amide bonds. The van der Waals surface area contributed by atoms with Gasteiger partial charge in [0.15, 0.2) is 0 Å². The van der Waals surface area contributed by atoms with E-state index in [0.29, 0.717) is 19.0 Å². The lowest BCUT2D eigenvalue weighted by Crippen LogP contribution is -2.09. The van der Waals surface area contributed by atoms with E-state index in [-0.39, 0.29) is 5.75 Å². The van der Waals surface area contributed by atoms with Crippen LogP contribution in [0, 0.1) is 0 Å². The van der Waals surface area contributed by atoms with Crippen LogP contribution in [0.4, 0.5) is 14.6 Å². The van der Waals surface area contributed by atoms with Crippen molar-refractivity contribution < 1.29 is 18.3 Å². The number of rotatable bonds is 6. The van der Waals surface area contributed by atoms with Gasteiger partial charge in [-0.15, -0.1) is 0 Å². The van der Waals surface area contributed by atoms with Crippen molar-refractivity contribution >= 4 is 5.82 Å². The molecule has 0 radical (unpaired) electrons. The Morgan fingerprint density at radius 3 is 2.80 bits per heavy atom. The lowest BCUT2D eigenvalue weighted by molar-refractivity contribution is -0.0500. The highest BCUT2D eigenvalue weighted by atomic mass is 19.3. The fourth-order valence-corrected chi connectivity index (χ4v) is 0.939. The Hall–Kier alpha value is -1.43. The first-order chi connectivity index (χ1) is 7.22. The first kappa shape index (κ1) is 11.6. The van der Waals surface area contributed by atoms with Crippen LogP contribution in [0.15, 0.2) is 18.3 Å². The molecule has 84 valence electrons. The molecule has 0 saturated heterocycles. The summed E-state index contributed by atoms with van der Waals surface area (Å²) in [6.07, 6.45) is 1.24. The number of alkyl halides is 2. The Bertz CT molecular complexity index is 280. The molecule has 0 aromatic carbocycles. The van der Waals surface area contributed by atoms with E-state index in [1.165, 1.54) is 12.3 Å². The lowest BCUT2D eigenvalue weighted by Gasteiger charge is -2.06. The van der Waals surface area contributed by atoms with E-state index in [0.717, 1.165) is 0 Å². The summed E-state index contributed by atoms with van der Waals surface area (Å²) < 4.78 is 32.5. The van der Waals surface area contributed by atoms with Gasteiger partial charge in [0, 0.05) is 13.7 Å². The minimum atomic E-state index is -2.82. The molecule has 1 heterocycles. The number of nitrogens with one attached hydrogen (secondary N) is 1. The highest BCUT2D eigenvalue weighted by molar-refractivity contribution is 5.37. The van der Waals surface area contributed by atoms with Gasteiger partial charge in [-0.1, -0.05) is 0 Å². The molecule has 0 atom stereocenters. The molecule has 0 unspecified atom stereocenters. The zero-order chi connectivity index (χ0) is 11.1. The van der Waals surface area contributed by atoms with E-state index >= 15 is 0 Å². The molecule has 0 bridgehead atoms. The summed E-state index contributed by atoms with van der Waals surface area (Å²) in [4.78, 5) is 3.88. The molecule has 0 spiro atoms. The normalized spacial score (nSPS) is 10.4. The molecule has 4 nitrogen and oxygen atoms in total. The van der Waals surface area contributed by atoms with Crippen molar-refractivity contribution in [3.05, 3.63) is 18.3 Å². The Kier molecular flexibility index (Phi) is 4.76. The van der Waals surface area contributed by atoms with Gasteiger partial charge < -0.3 is 14.8 Å². The Morgan fingerprint density at radius 2 is 2.27 bits per heavy atom. The summed E-state index contributed by atoms with van der Waals surface area (Å²) >= 11 is 0. The second kappa shape index (κ2) is 6.13. The van der Waals surface area contributed by atoms with Crippen LogP contribution in [-0.2, 0) is 4.74 Å². The van der Waals surface area contributed by atoms with Crippen molar-refractivity contribution in [1.82, 2.24) is 4.98 Å². The highest BCUT2D eigenvalue weighted by Crippen LogP contribution is 2.14. The van der Waals surface area contributed by atoms with Crippen molar-refractivity contribution in [3.63, 3.8) is 0 Å². The first-order valence-corrected chi connectivity index (χ1v) is 4.36. The number of nitrogens with zero attached hydrogens (tertiary/aromatic N) is 1. The molecule has 6 heteroatoms. The molecule has 0 aliphatic heterocycles. The van der Waals surface area contributed by atoms with E-state index in [1.54, 1.807) is 13.2 Å². The molecule has 1 aromatic rings. The summed E-state index contributed by atoms with van der Waals surface area (Å²) in [6, 6.07) is 2.99. The number of pyridine rings is 1. The van der Waals surface area contributed by atoms with E-state index in [9.17, 15) is 8.78 Å². The zero-order valence-electron chi connectivity index (χ0n) is 8.24. The monoisotopic (exact) mass is 218 g/mol. The van der Waals surface area contributed by atoms with Gasteiger partial charge in [0.25, 0.3) is 0 Å². The number of hydrogen-bond donors (Lipinski definition) is 1. The van der Waals surface area contributed by atoms with Gasteiger partial charge in [0.2, 0.25) is 0 Å². The van der Waals surface area contributed by atoms with Gasteiger partial charge >= 0.3 is 6.61 Å². The zero-order valence-corrected chi connectivity index (χ0v) is 8.24. The fourth-order valence-electron chi connectivity index (χ4n) is 0.939. The topological polar surface area (TPSA) is 43.4 Å². The molecular formula is C9H12F2N2O2. The lowest BCUT2D eigenvalue weighted by atomic mass is 10.4. The second-order valence-corrected chi connectivity index (χ2v) is 2.68. The van der Waals surface area contributed by atoms with Gasteiger partial charge in [-0.25, -0.2) is 4.98 Å². The van der Waals surface area contributed by atoms with E-state index < -0.39 is 6.61 Å². The number of methoxy groups -OCH3 is 1. The molecule has 0 saturated carbocycles. The maximum atomic E-state index is 11.8. The van der Waals surface area contributed by atoms with Crippen LogP contribution in [0.25, 0.3) is 0 Å². The van der Waals surface area contributed by atoms with Crippen LogP contribution in [0.2, 0.25) is 0 Å². The van der Waals surface area contributed by atoms with Crippen LogP contribution in [0.1, 0.15) is 0 Å². The van der Waals surface area contributed by atoms with E-state index in [1.807, 2.05) is 0 Å².